The van der Waals surface area contributed by atoms with Crippen molar-refractivity contribution in [1.82, 2.24) is 0 Å². The van der Waals surface area contributed by atoms with Gasteiger partial charge in [-0.05, 0) is 60.4 Å². The lowest BCUT2D eigenvalue weighted by Gasteiger charge is -2.26. The maximum absolute atomic E-state index is 13.5. The molecule has 7 heteroatoms. The van der Waals surface area contributed by atoms with Crippen molar-refractivity contribution in [3.8, 4) is 17.2 Å². The number of amides is 1. The van der Waals surface area contributed by atoms with Crippen molar-refractivity contribution in [3.63, 3.8) is 0 Å². The summed E-state index contributed by atoms with van der Waals surface area (Å²) >= 11 is 0. The number of hydrogen-bond acceptors (Lipinski definition) is 6. The fourth-order valence-corrected chi connectivity index (χ4v) is 4.45. The van der Waals surface area contributed by atoms with E-state index in [4.69, 9.17) is 14.2 Å². The van der Waals surface area contributed by atoms with E-state index in [0.717, 1.165) is 5.56 Å². The van der Waals surface area contributed by atoms with Gasteiger partial charge in [0, 0.05) is 5.69 Å². The third kappa shape index (κ3) is 5.03. The van der Waals surface area contributed by atoms with E-state index in [9.17, 15) is 14.7 Å². The monoisotopic (exact) mass is 501 g/mol. The standard InChI is InChI=1S/C30H31NO6/c1-18(2)17-37-22-12-7-10-20(16-22)27-26(28(32)25-23(35-4)13-8-14-24(25)36-5)29(33)30(34)31(27)21-11-6-9-19(3)15-21/h6-16,18,27,32H,17H2,1-5H3/b28-26+. The zero-order valence-electron chi connectivity index (χ0n) is 21.6. The summed E-state index contributed by atoms with van der Waals surface area (Å²) in [7, 11) is 2.92. The van der Waals surface area contributed by atoms with Crippen molar-refractivity contribution in [2.24, 2.45) is 5.92 Å². The fraction of sp³-hybridized carbons (Fsp3) is 0.267. The quantitative estimate of drug-likeness (QED) is 0.243. The van der Waals surface area contributed by atoms with E-state index < -0.39 is 17.7 Å². The summed E-state index contributed by atoms with van der Waals surface area (Å²) in [6.07, 6.45) is 0. The Morgan fingerprint density at radius 1 is 0.946 bits per heavy atom. The summed E-state index contributed by atoms with van der Waals surface area (Å²) in [5.41, 5.74) is 2.24. The minimum Gasteiger partial charge on any atom is -0.506 e. The first kappa shape index (κ1) is 25.8. The SMILES string of the molecule is COc1cccc(OC)c1/C(O)=C1\C(=O)C(=O)N(c2cccc(C)c2)C1c1cccc(OCC(C)C)c1. The predicted octanol–water partition coefficient (Wildman–Crippen LogP) is 5.67. The van der Waals surface area contributed by atoms with Crippen LogP contribution in [-0.2, 0) is 9.59 Å². The van der Waals surface area contributed by atoms with E-state index in [2.05, 4.69) is 13.8 Å². The highest BCUT2D eigenvalue weighted by molar-refractivity contribution is 6.51. The van der Waals surface area contributed by atoms with Gasteiger partial charge in [0.25, 0.3) is 11.7 Å². The minimum absolute atomic E-state index is 0.0599. The maximum Gasteiger partial charge on any atom is 0.300 e. The van der Waals surface area contributed by atoms with Gasteiger partial charge in [0.15, 0.2) is 0 Å². The Bertz CT molecular complexity index is 1340. The Morgan fingerprint density at radius 3 is 2.22 bits per heavy atom. The van der Waals surface area contributed by atoms with E-state index in [1.165, 1.54) is 19.1 Å². The predicted molar refractivity (Wildman–Crippen MR) is 142 cm³/mol. The Labute approximate surface area is 216 Å². The van der Waals surface area contributed by atoms with Crippen LogP contribution in [0, 0.1) is 12.8 Å². The van der Waals surface area contributed by atoms with Crippen LogP contribution in [0.3, 0.4) is 0 Å². The van der Waals surface area contributed by atoms with Gasteiger partial charge in [0.2, 0.25) is 0 Å². The third-order valence-corrected chi connectivity index (χ3v) is 6.15. The molecule has 0 bridgehead atoms. The van der Waals surface area contributed by atoms with Crippen molar-refractivity contribution in [3.05, 3.63) is 89.0 Å². The van der Waals surface area contributed by atoms with Gasteiger partial charge in [-0.1, -0.05) is 44.2 Å². The number of ketones is 1. The molecule has 1 saturated heterocycles. The number of aliphatic hydroxyl groups excluding tert-OH is 1. The highest BCUT2D eigenvalue weighted by Gasteiger charge is 2.47. The topological polar surface area (TPSA) is 85.3 Å². The third-order valence-electron chi connectivity index (χ3n) is 6.15. The Hall–Kier alpha value is -4.26. The Kier molecular flexibility index (Phi) is 7.53. The van der Waals surface area contributed by atoms with E-state index in [1.54, 1.807) is 30.3 Å². The number of aliphatic hydroxyl groups is 1. The van der Waals surface area contributed by atoms with Gasteiger partial charge in [-0.15, -0.1) is 0 Å². The van der Waals surface area contributed by atoms with Gasteiger partial charge in [0.05, 0.1) is 32.4 Å². The van der Waals surface area contributed by atoms with Gasteiger partial charge in [-0.25, -0.2) is 0 Å². The molecule has 3 aromatic rings. The maximum atomic E-state index is 13.5. The van der Waals surface area contributed by atoms with Crippen LogP contribution in [0.2, 0.25) is 0 Å². The molecule has 37 heavy (non-hydrogen) atoms. The zero-order chi connectivity index (χ0) is 26.7. The molecule has 1 amide bonds. The number of anilines is 1. The number of nitrogens with zero attached hydrogens (tertiary/aromatic N) is 1. The molecular formula is C30H31NO6. The van der Waals surface area contributed by atoms with Gasteiger partial charge < -0.3 is 19.3 Å². The van der Waals surface area contributed by atoms with Crippen molar-refractivity contribution in [1.29, 1.82) is 0 Å². The summed E-state index contributed by atoms with van der Waals surface area (Å²) in [4.78, 5) is 28.5. The normalized spacial score (nSPS) is 16.8. The van der Waals surface area contributed by atoms with Gasteiger partial charge in [-0.3, -0.25) is 14.5 Å². The molecule has 1 aliphatic heterocycles. The van der Waals surface area contributed by atoms with Gasteiger partial charge in [0.1, 0.15) is 28.6 Å². The molecule has 1 unspecified atom stereocenters. The Morgan fingerprint density at radius 2 is 1.59 bits per heavy atom. The molecule has 0 aromatic heterocycles. The minimum atomic E-state index is -0.904. The second-order valence-electron chi connectivity index (χ2n) is 9.32. The van der Waals surface area contributed by atoms with E-state index in [1.807, 2.05) is 43.3 Å². The molecule has 192 valence electrons. The summed E-state index contributed by atoms with van der Waals surface area (Å²) in [5.74, 6) is -0.362. The van der Waals surface area contributed by atoms with Crippen molar-refractivity contribution in [2.75, 3.05) is 25.7 Å². The second-order valence-corrected chi connectivity index (χ2v) is 9.32. The van der Waals surface area contributed by atoms with Gasteiger partial charge >= 0.3 is 0 Å². The largest absolute Gasteiger partial charge is 0.506 e. The Balaban J connectivity index is 1.97. The van der Waals surface area contributed by atoms with Crippen molar-refractivity contribution in [2.45, 2.75) is 26.8 Å². The fourth-order valence-electron chi connectivity index (χ4n) is 4.45. The summed E-state index contributed by atoms with van der Waals surface area (Å²) in [6.45, 7) is 6.53. The molecular weight excluding hydrogens is 470 g/mol. The van der Waals surface area contributed by atoms with Crippen molar-refractivity contribution < 1.29 is 28.9 Å². The number of hydrogen-bond donors (Lipinski definition) is 1. The molecule has 0 saturated carbocycles. The number of carbonyl (C=O) groups excluding carboxylic acids is 2. The molecule has 4 rings (SSSR count). The summed E-state index contributed by atoms with van der Waals surface area (Å²) in [5, 5.41) is 11.6. The van der Waals surface area contributed by atoms with Crippen molar-refractivity contribution >= 4 is 23.1 Å². The second kappa shape index (κ2) is 10.8. The number of rotatable bonds is 8. The lowest BCUT2D eigenvalue weighted by Crippen LogP contribution is -2.29. The lowest BCUT2D eigenvalue weighted by molar-refractivity contribution is -0.132. The highest BCUT2D eigenvalue weighted by atomic mass is 16.5. The molecule has 0 radical (unpaired) electrons. The first-order valence-electron chi connectivity index (χ1n) is 12.1. The van der Waals surface area contributed by atoms with Crippen LogP contribution < -0.4 is 19.1 Å². The van der Waals surface area contributed by atoms with E-state index in [-0.39, 0.29) is 16.9 Å². The number of ether oxygens (including phenoxy) is 3. The molecule has 1 N–H and O–H groups in total. The lowest BCUT2D eigenvalue weighted by atomic mass is 9.94. The molecule has 3 aromatic carbocycles. The van der Waals surface area contributed by atoms with Crippen LogP contribution in [0.4, 0.5) is 5.69 Å². The van der Waals surface area contributed by atoms with Crippen LogP contribution >= 0.6 is 0 Å². The average Bonchev–Trinajstić information content (AvgIpc) is 3.16. The van der Waals surface area contributed by atoms with Crippen LogP contribution in [0.25, 0.3) is 5.76 Å². The highest BCUT2D eigenvalue weighted by Crippen LogP contribution is 2.45. The summed E-state index contributed by atoms with van der Waals surface area (Å²) < 4.78 is 16.9. The zero-order valence-corrected chi connectivity index (χ0v) is 21.6. The molecule has 0 spiro atoms. The number of methoxy groups -OCH3 is 2. The molecule has 7 nitrogen and oxygen atoms in total. The molecule has 1 fully saturated rings. The molecule has 1 heterocycles. The molecule has 1 atom stereocenters. The number of Topliss-reactive ketones (excluding diaryl/α,β-unsaturated/α-hetero) is 1. The first-order valence-corrected chi connectivity index (χ1v) is 12.1. The van der Waals surface area contributed by atoms with E-state index in [0.29, 0.717) is 41.0 Å². The number of aryl methyl sites for hydroxylation is 1. The first-order chi connectivity index (χ1) is 17.8. The van der Waals surface area contributed by atoms with Crippen LogP contribution in [0.5, 0.6) is 17.2 Å². The van der Waals surface area contributed by atoms with Crippen LogP contribution in [0.15, 0.2) is 72.3 Å². The average molecular weight is 502 g/mol. The smallest absolute Gasteiger partial charge is 0.300 e. The molecule has 1 aliphatic rings. The van der Waals surface area contributed by atoms with Crippen LogP contribution in [-0.4, -0.2) is 37.6 Å². The molecule has 0 aliphatic carbocycles. The van der Waals surface area contributed by atoms with Gasteiger partial charge in [-0.2, -0.15) is 0 Å². The number of carbonyl (C=O) groups is 2. The number of benzene rings is 3. The van der Waals surface area contributed by atoms with E-state index >= 15 is 0 Å². The van der Waals surface area contributed by atoms with Crippen LogP contribution in [0.1, 0.15) is 36.6 Å². The summed E-state index contributed by atoms with van der Waals surface area (Å²) in [6, 6.07) is 18.7.